The molecule has 6 rings (SSSR count). The van der Waals surface area contributed by atoms with Crippen LogP contribution in [0.5, 0.6) is 5.75 Å². The van der Waals surface area contributed by atoms with Gasteiger partial charge in [-0.25, -0.2) is 0 Å². The average molecular weight is 542 g/mol. The van der Waals surface area contributed by atoms with E-state index in [9.17, 15) is 23.1 Å². The van der Waals surface area contributed by atoms with Gasteiger partial charge in [0.15, 0.2) is 5.57 Å². The number of nitrogens with zero attached hydrogens (tertiary/aromatic N) is 1. The van der Waals surface area contributed by atoms with Crippen LogP contribution in [0.1, 0.15) is 56.2 Å². The van der Waals surface area contributed by atoms with Gasteiger partial charge in [-0.2, -0.15) is 13.2 Å². The molecule has 8 heteroatoms. The second-order valence-corrected chi connectivity index (χ2v) is 12.5. The van der Waals surface area contributed by atoms with Gasteiger partial charge in [-0.05, 0) is 30.9 Å². The van der Waals surface area contributed by atoms with E-state index in [1.807, 2.05) is 6.07 Å². The Hall–Kier alpha value is -3.00. The molecule has 2 aliphatic carbocycles. The Morgan fingerprint density at radius 3 is 2.62 bits per heavy atom. The smallest absolute Gasteiger partial charge is 0.425 e. The van der Waals surface area contributed by atoms with E-state index in [4.69, 9.17) is 4.74 Å². The zero-order valence-electron chi connectivity index (χ0n) is 22.6. The standard InChI is InChI=1S/C31H35F3N2O3/c1-18(2)17-36(3)15-14-30-21-10-7-11-24(30)39-28-22(13-12-20(25(28)30)16-23(21)36)35-29(38)26(31(32,33)34)27(37)19-8-5-4-6-9-19/h4-6,8-9,12-13,18,21,23-24H,7,10-11,14-17H2,1-3H3,(H-,35,37,38)/p+1/t21-,23+,24-,30+,36?/m0/s1. The molecule has 2 aromatic rings. The lowest BCUT2D eigenvalue weighted by atomic mass is 9.51. The number of amides is 1. The lowest BCUT2D eigenvalue weighted by Gasteiger charge is -2.61. The van der Waals surface area contributed by atoms with Crippen molar-refractivity contribution in [1.29, 1.82) is 0 Å². The number of hydrogen-bond acceptors (Lipinski definition) is 3. The van der Waals surface area contributed by atoms with Crippen LogP contribution in [-0.4, -0.2) is 54.0 Å². The molecule has 2 aromatic carbocycles. The van der Waals surface area contributed by atoms with Crippen LogP contribution in [0.25, 0.3) is 5.76 Å². The number of halogens is 3. The third-order valence-electron chi connectivity index (χ3n) is 9.74. The van der Waals surface area contributed by atoms with Crippen LogP contribution in [-0.2, 0) is 16.6 Å². The van der Waals surface area contributed by atoms with Crippen molar-refractivity contribution in [1.82, 2.24) is 0 Å². The number of alkyl halides is 3. The SMILES string of the molecule is CC(C)C[N+]1(C)CC[C@]23c4c5ccc(NC(=O)C(=C(O)c6ccccc6)C(F)(F)F)c4O[C@H]2CCC[C@H]3[C@H]1C5. The second kappa shape index (κ2) is 9.01. The highest BCUT2D eigenvalue weighted by molar-refractivity contribution is 6.09. The van der Waals surface area contributed by atoms with Crippen LogP contribution in [0.2, 0.25) is 0 Å². The first-order valence-electron chi connectivity index (χ1n) is 14.0. The highest BCUT2D eigenvalue weighted by Gasteiger charge is 2.67. The van der Waals surface area contributed by atoms with Crippen molar-refractivity contribution in [3.63, 3.8) is 0 Å². The van der Waals surface area contributed by atoms with Gasteiger partial charge in [0.05, 0.1) is 37.3 Å². The minimum absolute atomic E-state index is 0.0333. The second-order valence-electron chi connectivity index (χ2n) is 12.5. The maximum Gasteiger partial charge on any atom is 0.425 e. The number of quaternary nitrogens is 1. The molecule has 4 aliphatic rings. The summed E-state index contributed by atoms with van der Waals surface area (Å²) in [5.74, 6) is -0.939. The Balaban J connectivity index is 1.41. The van der Waals surface area contributed by atoms with Crippen LogP contribution < -0.4 is 10.1 Å². The van der Waals surface area contributed by atoms with Crippen molar-refractivity contribution >= 4 is 17.4 Å². The molecule has 0 radical (unpaired) electrons. The molecular weight excluding hydrogens is 505 g/mol. The number of nitrogens with one attached hydrogen (secondary N) is 1. The Kier molecular flexibility index (Phi) is 6.06. The molecular formula is C31H36F3N2O3+. The van der Waals surface area contributed by atoms with Crippen LogP contribution >= 0.6 is 0 Å². The van der Waals surface area contributed by atoms with E-state index in [1.54, 1.807) is 12.1 Å². The molecule has 0 aromatic heterocycles. The summed E-state index contributed by atoms with van der Waals surface area (Å²) >= 11 is 0. The number of carbonyl (C=O) groups excluding carboxylic acids is 1. The van der Waals surface area contributed by atoms with E-state index in [1.165, 1.54) is 29.8 Å². The van der Waals surface area contributed by atoms with Crippen molar-refractivity contribution in [2.24, 2.45) is 11.8 Å². The Morgan fingerprint density at radius 1 is 1.18 bits per heavy atom. The third-order valence-corrected chi connectivity index (χ3v) is 9.74. The van der Waals surface area contributed by atoms with E-state index in [0.717, 1.165) is 55.2 Å². The van der Waals surface area contributed by atoms with Crippen LogP contribution in [0, 0.1) is 11.8 Å². The minimum atomic E-state index is -5.05. The van der Waals surface area contributed by atoms with E-state index < -0.39 is 23.4 Å². The van der Waals surface area contributed by atoms with Gasteiger partial charge in [-0.15, -0.1) is 0 Å². The van der Waals surface area contributed by atoms with Gasteiger partial charge >= 0.3 is 6.18 Å². The number of benzene rings is 2. The molecule has 5 atom stereocenters. The number of aliphatic hydroxyl groups is 1. The molecule has 1 amide bonds. The van der Waals surface area contributed by atoms with Crippen molar-refractivity contribution in [2.75, 3.05) is 25.5 Å². The molecule has 2 aliphatic heterocycles. The zero-order valence-corrected chi connectivity index (χ0v) is 22.6. The Labute approximate surface area is 227 Å². The van der Waals surface area contributed by atoms with E-state index in [0.29, 0.717) is 23.6 Å². The monoisotopic (exact) mass is 541 g/mol. The molecule has 2 heterocycles. The summed E-state index contributed by atoms with van der Waals surface area (Å²) in [5, 5.41) is 13.0. The molecule has 2 bridgehead atoms. The number of anilines is 1. The molecule has 1 unspecified atom stereocenters. The fourth-order valence-electron chi connectivity index (χ4n) is 8.45. The predicted octanol–water partition coefficient (Wildman–Crippen LogP) is 6.39. The molecule has 39 heavy (non-hydrogen) atoms. The largest absolute Gasteiger partial charge is 0.506 e. The molecule has 208 valence electrons. The summed E-state index contributed by atoms with van der Waals surface area (Å²) in [6, 6.07) is 11.5. The van der Waals surface area contributed by atoms with Crippen molar-refractivity contribution < 1.29 is 32.3 Å². The van der Waals surface area contributed by atoms with Crippen LogP contribution in [0.4, 0.5) is 18.9 Å². The molecule has 1 saturated carbocycles. The van der Waals surface area contributed by atoms with Gasteiger partial charge in [0.2, 0.25) is 0 Å². The molecule has 5 nitrogen and oxygen atoms in total. The first-order chi connectivity index (χ1) is 18.5. The summed E-state index contributed by atoms with van der Waals surface area (Å²) in [6.07, 6.45) is -0.112. The predicted molar refractivity (Wildman–Crippen MR) is 143 cm³/mol. The fraction of sp³-hybridized carbons (Fsp3) is 0.516. The summed E-state index contributed by atoms with van der Waals surface area (Å²) in [4.78, 5) is 13.1. The van der Waals surface area contributed by atoms with Gasteiger partial charge in [0, 0.05) is 35.8 Å². The highest BCUT2D eigenvalue weighted by atomic mass is 19.4. The zero-order chi connectivity index (χ0) is 27.7. The number of hydrogen-bond donors (Lipinski definition) is 2. The van der Waals surface area contributed by atoms with Crippen LogP contribution in [0.15, 0.2) is 48.0 Å². The number of likely N-dealkylation sites (N-methyl/N-ethyl adjacent to an activating group) is 1. The number of piperidine rings is 1. The molecule has 1 spiro atoms. The average Bonchev–Trinajstić information content (AvgIpc) is 3.21. The summed E-state index contributed by atoms with van der Waals surface area (Å²) in [5.41, 5.74) is 0.689. The topological polar surface area (TPSA) is 58.6 Å². The lowest BCUT2D eigenvalue weighted by molar-refractivity contribution is -0.947. The number of rotatable bonds is 5. The first kappa shape index (κ1) is 26.2. The number of ether oxygens (including phenoxy) is 1. The van der Waals surface area contributed by atoms with Crippen LogP contribution in [0.3, 0.4) is 0 Å². The maximum atomic E-state index is 14.1. The highest BCUT2D eigenvalue weighted by Crippen LogP contribution is 2.64. The number of aliphatic hydroxyl groups excluding tert-OH is 1. The third kappa shape index (κ3) is 3.97. The van der Waals surface area contributed by atoms with E-state index in [2.05, 4.69) is 26.2 Å². The quantitative estimate of drug-likeness (QED) is 0.262. The number of likely N-dealkylation sites (tertiary alicyclic amines) is 1. The van der Waals surface area contributed by atoms with Gasteiger partial charge in [-0.1, -0.05) is 50.2 Å². The molecule has 2 N–H and O–H groups in total. The van der Waals surface area contributed by atoms with Crippen molar-refractivity contribution in [3.05, 3.63) is 64.7 Å². The normalized spacial score (nSPS) is 31.3. The number of carbonyl (C=O) groups is 1. The van der Waals surface area contributed by atoms with Gasteiger partial charge < -0.3 is 19.6 Å². The van der Waals surface area contributed by atoms with Gasteiger partial charge in [0.25, 0.3) is 5.91 Å². The van der Waals surface area contributed by atoms with Crippen molar-refractivity contribution in [3.8, 4) is 5.75 Å². The lowest BCUT2D eigenvalue weighted by Crippen LogP contribution is -2.71. The van der Waals surface area contributed by atoms with E-state index >= 15 is 0 Å². The van der Waals surface area contributed by atoms with Gasteiger partial charge in [0.1, 0.15) is 17.6 Å². The first-order valence-corrected chi connectivity index (χ1v) is 14.0. The summed E-state index contributed by atoms with van der Waals surface area (Å²) in [6.45, 7) is 6.72. The molecule has 1 saturated heterocycles. The summed E-state index contributed by atoms with van der Waals surface area (Å²) < 4.78 is 49.8. The minimum Gasteiger partial charge on any atom is -0.506 e. The fourth-order valence-corrected chi connectivity index (χ4v) is 8.45. The van der Waals surface area contributed by atoms with E-state index in [-0.39, 0.29) is 22.8 Å². The Morgan fingerprint density at radius 2 is 1.92 bits per heavy atom. The van der Waals surface area contributed by atoms with Crippen molar-refractivity contribution in [2.45, 2.75) is 69.7 Å². The molecule has 2 fully saturated rings. The Bertz CT molecular complexity index is 1340. The summed E-state index contributed by atoms with van der Waals surface area (Å²) in [7, 11) is 2.39. The van der Waals surface area contributed by atoms with Gasteiger partial charge in [-0.3, -0.25) is 4.79 Å². The maximum absolute atomic E-state index is 14.1.